The fraction of sp³-hybridized carbons (Fsp3) is 0. The standard InChI is InChI=1S/C13H7Cl2NO4/c14-11-8(5-6-10(17)12(11)15)13(18)7-3-1-2-4-9(7)16(19)20/h1-6,17H. The summed E-state index contributed by atoms with van der Waals surface area (Å²) in [5, 5.41) is 20.0. The Morgan fingerprint density at radius 2 is 1.70 bits per heavy atom. The SMILES string of the molecule is O=C(c1ccccc1[N+](=O)[O-])c1ccc(O)c(Cl)c1Cl. The maximum atomic E-state index is 12.3. The maximum Gasteiger partial charge on any atom is 0.280 e. The van der Waals surface area contributed by atoms with Gasteiger partial charge in [0.2, 0.25) is 5.78 Å². The number of ketones is 1. The zero-order chi connectivity index (χ0) is 14.9. The van der Waals surface area contributed by atoms with Gasteiger partial charge in [-0.1, -0.05) is 35.3 Å². The number of benzene rings is 2. The molecule has 0 atom stereocenters. The number of aromatic hydroxyl groups is 1. The molecule has 7 heteroatoms. The Balaban J connectivity index is 2.58. The number of hydrogen-bond acceptors (Lipinski definition) is 4. The van der Waals surface area contributed by atoms with Crippen LogP contribution in [-0.2, 0) is 0 Å². The van der Waals surface area contributed by atoms with E-state index >= 15 is 0 Å². The molecule has 2 rings (SSSR count). The van der Waals surface area contributed by atoms with E-state index < -0.39 is 10.7 Å². The van der Waals surface area contributed by atoms with Crippen molar-refractivity contribution in [2.75, 3.05) is 0 Å². The van der Waals surface area contributed by atoms with Crippen molar-refractivity contribution in [2.45, 2.75) is 0 Å². The van der Waals surface area contributed by atoms with Crippen molar-refractivity contribution in [3.63, 3.8) is 0 Å². The summed E-state index contributed by atoms with van der Waals surface area (Å²) >= 11 is 11.6. The number of nitro groups is 1. The molecule has 0 aliphatic rings. The summed E-state index contributed by atoms with van der Waals surface area (Å²) in [5.41, 5.74) is -0.428. The average molecular weight is 312 g/mol. The van der Waals surface area contributed by atoms with Crippen LogP contribution in [0, 0.1) is 10.1 Å². The number of nitro benzene ring substituents is 1. The largest absolute Gasteiger partial charge is 0.506 e. The van der Waals surface area contributed by atoms with E-state index in [1.807, 2.05) is 0 Å². The fourth-order valence-electron chi connectivity index (χ4n) is 1.68. The summed E-state index contributed by atoms with van der Waals surface area (Å²) in [7, 11) is 0. The third-order valence-corrected chi connectivity index (χ3v) is 3.52. The molecule has 2 aromatic carbocycles. The molecule has 0 saturated heterocycles. The summed E-state index contributed by atoms with van der Waals surface area (Å²) in [6.45, 7) is 0. The topological polar surface area (TPSA) is 80.4 Å². The molecule has 0 saturated carbocycles. The van der Waals surface area contributed by atoms with E-state index in [9.17, 15) is 20.0 Å². The van der Waals surface area contributed by atoms with E-state index in [0.29, 0.717) is 0 Å². The summed E-state index contributed by atoms with van der Waals surface area (Å²) in [6.07, 6.45) is 0. The highest BCUT2D eigenvalue weighted by Crippen LogP contribution is 2.35. The highest BCUT2D eigenvalue weighted by Gasteiger charge is 2.23. The smallest absolute Gasteiger partial charge is 0.280 e. The Kier molecular flexibility index (Phi) is 3.92. The number of hydrogen-bond donors (Lipinski definition) is 1. The van der Waals surface area contributed by atoms with Gasteiger partial charge in [-0.25, -0.2) is 0 Å². The number of rotatable bonds is 3. The zero-order valence-electron chi connectivity index (χ0n) is 9.84. The van der Waals surface area contributed by atoms with E-state index in [1.165, 1.54) is 36.4 Å². The number of phenols is 1. The Labute approximate surface area is 123 Å². The maximum absolute atomic E-state index is 12.3. The van der Waals surface area contributed by atoms with Crippen LogP contribution in [-0.4, -0.2) is 15.8 Å². The first kappa shape index (κ1) is 14.3. The van der Waals surface area contributed by atoms with Gasteiger partial charge < -0.3 is 5.11 Å². The summed E-state index contributed by atoms with van der Waals surface area (Å²) < 4.78 is 0. The minimum Gasteiger partial charge on any atom is -0.506 e. The fourth-order valence-corrected chi connectivity index (χ4v) is 2.09. The van der Waals surface area contributed by atoms with E-state index in [4.69, 9.17) is 23.2 Å². The van der Waals surface area contributed by atoms with Gasteiger partial charge >= 0.3 is 0 Å². The Morgan fingerprint density at radius 3 is 2.35 bits per heavy atom. The predicted molar refractivity (Wildman–Crippen MR) is 74.7 cm³/mol. The van der Waals surface area contributed by atoms with Crippen molar-refractivity contribution >= 4 is 34.7 Å². The lowest BCUT2D eigenvalue weighted by molar-refractivity contribution is -0.385. The molecule has 0 amide bonds. The highest BCUT2D eigenvalue weighted by molar-refractivity contribution is 6.45. The van der Waals surface area contributed by atoms with Gasteiger partial charge in [0.15, 0.2) is 0 Å². The number of nitrogens with zero attached hydrogens (tertiary/aromatic N) is 1. The van der Waals surface area contributed by atoms with Crippen molar-refractivity contribution in [3.05, 3.63) is 67.7 Å². The van der Waals surface area contributed by atoms with Crippen molar-refractivity contribution in [2.24, 2.45) is 0 Å². The molecule has 0 heterocycles. The second kappa shape index (κ2) is 5.48. The molecule has 0 spiro atoms. The van der Waals surface area contributed by atoms with Crippen LogP contribution in [0.4, 0.5) is 5.69 Å². The lowest BCUT2D eigenvalue weighted by atomic mass is 10.0. The van der Waals surface area contributed by atoms with Crippen LogP contribution in [0.1, 0.15) is 15.9 Å². The zero-order valence-corrected chi connectivity index (χ0v) is 11.4. The normalized spacial score (nSPS) is 10.3. The molecular formula is C13H7Cl2NO4. The van der Waals surface area contributed by atoms with E-state index in [2.05, 4.69) is 0 Å². The lowest BCUT2D eigenvalue weighted by Gasteiger charge is -2.07. The van der Waals surface area contributed by atoms with Crippen LogP contribution in [0.15, 0.2) is 36.4 Å². The van der Waals surface area contributed by atoms with Crippen molar-refractivity contribution in [1.29, 1.82) is 0 Å². The van der Waals surface area contributed by atoms with Gasteiger partial charge in [-0.2, -0.15) is 0 Å². The van der Waals surface area contributed by atoms with Crippen LogP contribution in [0.3, 0.4) is 0 Å². The molecule has 1 N–H and O–H groups in total. The molecule has 0 aromatic heterocycles. The molecule has 0 aliphatic carbocycles. The molecule has 0 unspecified atom stereocenters. The number of carbonyl (C=O) groups excluding carboxylic acids is 1. The molecule has 102 valence electrons. The molecule has 0 radical (unpaired) electrons. The van der Waals surface area contributed by atoms with Gasteiger partial charge in [-0.3, -0.25) is 14.9 Å². The Morgan fingerprint density at radius 1 is 1.05 bits per heavy atom. The molecule has 20 heavy (non-hydrogen) atoms. The molecule has 0 bridgehead atoms. The second-order valence-corrected chi connectivity index (χ2v) is 4.62. The van der Waals surface area contributed by atoms with Gasteiger partial charge in [-0.15, -0.1) is 0 Å². The first-order chi connectivity index (χ1) is 9.43. The second-order valence-electron chi connectivity index (χ2n) is 3.86. The average Bonchev–Trinajstić information content (AvgIpc) is 2.44. The first-order valence-corrected chi connectivity index (χ1v) is 6.14. The predicted octanol–water partition coefficient (Wildman–Crippen LogP) is 3.84. The summed E-state index contributed by atoms with van der Waals surface area (Å²) in [6, 6.07) is 8.00. The van der Waals surface area contributed by atoms with Crippen molar-refractivity contribution in [3.8, 4) is 5.75 Å². The van der Waals surface area contributed by atoms with E-state index in [-0.39, 0.29) is 32.6 Å². The van der Waals surface area contributed by atoms with Gasteiger partial charge in [0.25, 0.3) is 5.69 Å². The highest BCUT2D eigenvalue weighted by atomic mass is 35.5. The van der Waals surface area contributed by atoms with Crippen LogP contribution < -0.4 is 0 Å². The van der Waals surface area contributed by atoms with Gasteiger partial charge in [0.05, 0.1) is 9.95 Å². The van der Waals surface area contributed by atoms with Gasteiger partial charge in [-0.05, 0) is 18.2 Å². The lowest BCUT2D eigenvalue weighted by Crippen LogP contribution is -2.06. The molecule has 0 aliphatic heterocycles. The quantitative estimate of drug-likeness (QED) is 0.530. The molecule has 2 aromatic rings. The van der Waals surface area contributed by atoms with E-state index in [0.717, 1.165) is 0 Å². The Bertz CT molecular complexity index is 716. The number of phenolic OH excluding ortho intramolecular Hbond substituents is 1. The van der Waals surface area contributed by atoms with Crippen LogP contribution in [0.25, 0.3) is 0 Å². The van der Waals surface area contributed by atoms with Crippen LogP contribution >= 0.6 is 23.2 Å². The Hall–Kier alpha value is -2.11. The van der Waals surface area contributed by atoms with Gasteiger partial charge in [0.1, 0.15) is 16.3 Å². The van der Waals surface area contributed by atoms with Gasteiger partial charge in [0, 0.05) is 11.6 Å². The van der Waals surface area contributed by atoms with E-state index in [1.54, 1.807) is 0 Å². The first-order valence-electron chi connectivity index (χ1n) is 5.38. The third-order valence-electron chi connectivity index (χ3n) is 2.65. The van der Waals surface area contributed by atoms with Crippen LogP contribution in [0.5, 0.6) is 5.75 Å². The molecular weight excluding hydrogens is 305 g/mol. The number of carbonyl (C=O) groups is 1. The monoisotopic (exact) mass is 311 g/mol. The van der Waals surface area contributed by atoms with Crippen LogP contribution in [0.2, 0.25) is 10.0 Å². The summed E-state index contributed by atoms with van der Waals surface area (Å²) in [5.74, 6) is -0.903. The molecule has 0 fully saturated rings. The third kappa shape index (κ3) is 2.45. The number of halogens is 2. The molecule has 5 nitrogen and oxygen atoms in total. The number of para-hydroxylation sites is 1. The van der Waals surface area contributed by atoms with Crippen molar-refractivity contribution < 1.29 is 14.8 Å². The minimum atomic E-state index is -0.650. The van der Waals surface area contributed by atoms with Crippen molar-refractivity contribution in [1.82, 2.24) is 0 Å². The summed E-state index contributed by atoms with van der Waals surface area (Å²) in [4.78, 5) is 22.6. The minimum absolute atomic E-state index is 0.0104.